The number of fused-ring (bicyclic) bond motifs is 3. The van der Waals surface area contributed by atoms with Crippen molar-refractivity contribution in [1.82, 2.24) is 5.01 Å². The van der Waals surface area contributed by atoms with Crippen LogP contribution in [0.5, 0.6) is 17.2 Å². The summed E-state index contributed by atoms with van der Waals surface area (Å²) in [4.78, 5) is 0. The Morgan fingerprint density at radius 3 is 2.11 bits per heavy atom. The van der Waals surface area contributed by atoms with Gasteiger partial charge < -0.3 is 14.2 Å². The molecule has 0 saturated carbocycles. The van der Waals surface area contributed by atoms with Crippen LogP contribution >= 0.6 is 0 Å². The number of para-hydroxylation sites is 1. The van der Waals surface area contributed by atoms with Crippen LogP contribution in [-0.4, -0.2) is 23.9 Å². The molecular weight excluding hydrogens is 436 g/mol. The number of hydrogen-bond donors (Lipinski definition) is 0. The standard InChI is InChI=1S/C30H34N2O3/c1-3-5-19-33-24-15-11-22(12-16-24)27-21-28-26-9-7-8-10-29(26)35-30(32(28)31-27)23-13-17-25(18-14-23)34-20-6-4-2/h7-18,28,30H,3-6,19-21H2,1-2H3. The van der Waals surface area contributed by atoms with Crippen LogP contribution in [-0.2, 0) is 0 Å². The van der Waals surface area contributed by atoms with Gasteiger partial charge in [0.05, 0.1) is 25.0 Å². The maximum Gasteiger partial charge on any atom is 0.213 e. The minimum absolute atomic E-state index is 0.140. The molecule has 0 fully saturated rings. The highest BCUT2D eigenvalue weighted by Crippen LogP contribution is 2.47. The number of hydrogen-bond acceptors (Lipinski definition) is 5. The zero-order valence-electron chi connectivity index (χ0n) is 20.7. The summed E-state index contributed by atoms with van der Waals surface area (Å²) in [5.74, 6) is 2.73. The number of ether oxygens (including phenoxy) is 3. The fraction of sp³-hybridized carbons (Fsp3) is 0.367. The first-order chi connectivity index (χ1) is 17.3. The fourth-order valence-electron chi connectivity index (χ4n) is 4.57. The summed E-state index contributed by atoms with van der Waals surface area (Å²) in [5, 5.41) is 7.20. The third kappa shape index (κ3) is 5.14. The van der Waals surface area contributed by atoms with Crippen molar-refractivity contribution in [3.63, 3.8) is 0 Å². The third-order valence-electron chi connectivity index (χ3n) is 6.59. The van der Waals surface area contributed by atoms with Gasteiger partial charge in [-0.3, -0.25) is 0 Å². The van der Waals surface area contributed by atoms with Crippen molar-refractivity contribution < 1.29 is 14.2 Å². The Hall–Kier alpha value is -3.47. The first-order valence-electron chi connectivity index (χ1n) is 12.8. The highest BCUT2D eigenvalue weighted by atomic mass is 16.5. The number of rotatable bonds is 10. The Morgan fingerprint density at radius 1 is 0.829 bits per heavy atom. The van der Waals surface area contributed by atoms with Gasteiger partial charge in [0.25, 0.3) is 0 Å². The Labute approximate surface area is 208 Å². The molecule has 2 aliphatic rings. The third-order valence-corrected chi connectivity index (χ3v) is 6.59. The van der Waals surface area contributed by atoms with Crippen molar-refractivity contribution in [2.45, 2.75) is 58.2 Å². The average Bonchev–Trinajstić information content (AvgIpc) is 3.35. The van der Waals surface area contributed by atoms with Crippen LogP contribution in [0.15, 0.2) is 77.9 Å². The summed E-state index contributed by atoms with van der Waals surface area (Å²) in [6.45, 7) is 5.84. The summed E-state index contributed by atoms with van der Waals surface area (Å²) in [6.07, 6.45) is 4.93. The van der Waals surface area contributed by atoms with Gasteiger partial charge in [0.1, 0.15) is 17.2 Å². The molecule has 0 bridgehead atoms. The Morgan fingerprint density at radius 2 is 1.46 bits per heavy atom. The first kappa shape index (κ1) is 23.3. The molecule has 5 nitrogen and oxygen atoms in total. The Kier molecular flexibility index (Phi) is 7.22. The summed E-state index contributed by atoms with van der Waals surface area (Å²) >= 11 is 0. The summed E-state index contributed by atoms with van der Waals surface area (Å²) in [7, 11) is 0. The van der Waals surface area contributed by atoms with E-state index in [1.54, 1.807) is 0 Å². The molecule has 0 aliphatic carbocycles. The predicted octanol–water partition coefficient (Wildman–Crippen LogP) is 7.29. The SMILES string of the molecule is CCCCOc1ccc(C2=NN3C(C2)c2ccccc2OC3c2ccc(OCCCC)cc2)cc1. The van der Waals surface area contributed by atoms with Gasteiger partial charge in [-0.15, -0.1) is 0 Å². The lowest BCUT2D eigenvalue weighted by Gasteiger charge is -2.38. The summed E-state index contributed by atoms with van der Waals surface area (Å²) in [6, 6.07) is 25.0. The second kappa shape index (κ2) is 10.9. The smallest absolute Gasteiger partial charge is 0.213 e. The van der Waals surface area contributed by atoms with Crippen LogP contribution in [0.25, 0.3) is 0 Å². The van der Waals surface area contributed by atoms with Crippen molar-refractivity contribution in [3.05, 3.63) is 89.5 Å². The maximum atomic E-state index is 6.49. The van der Waals surface area contributed by atoms with Crippen molar-refractivity contribution in [3.8, 4) is 17.2 Å². The maximum absolute atomic E-state index is 6.49. The highest BCUT2D eigenvalue weighted by molar-refractivity contribution is 6.02. The quantitative estimate of drug-likeness (QED) is 0.292. The van der Waals surface area contributed by atoms with E-state index < -0.39 is 0 Å². The lowest BCUT2D eigenvalue weighted by molar-refractivity contribution is -0.0190. The Balaban J connectivity index is 1.38. The lowest BCUT2D eigenvalue weighted by Crippen LogP contribution is -2.33. The lowest BCUT2D eigenvalue weighted by atomic mass is 9.96. The molecule has 2 unspecified atom stereocenters. The molecule has 35 heavy (non-hydrogen) atoms. The van der Waals surface area contributed by atoms with Crippen molar-refractivity contribution in [2.75, 3.05) is 13.2 Å². The van der Waals surface area contributed by atoms with Crippen LogP contribution in [0.2, 0.25) is 0 Å². The minimum Gasteiger partial charge on any atom is -0.494 e. The van der Waals surface area contributed by atoms with Gasteiger partial charge in [-0.2, -0.15) is 5.10 Å². The van der Waals surface area contributed by atoms with E-state index in [0.29, 0.717) is 0 Å². The van der Waals surface area contributed by atoms with Crippen LogP contribution in [0, 0.1) is 0 Å². The average molecular weight is 471 g/mol. The molecule has 2 heterocycles. The number of benzene rings is 3. The normalized spacial score (nSPS) is 18.3. The van der Waals surface area contributed by atoms with Crippen LogP contribution in [0.4, 0.5) is 0 Å². The highest BCUT2D eigenvalue weighted by Gasteiger charge is 2.40. The molecule has 0 N–H and O–H groups in total. The molecule has 182 valence electrons. The molecule has 0 spiro atoms. The molecule has 5 rings (SSSR count). The molecule has 0 radical (unpaired) electrons. The molecule has 0 aromatic heterocycles. The van der Waals surface area contributed by atoms with Crippen LogP contribution in [0.1, 0.15) is 74.9 Å². The zero-order chi connectivity index (χ0) is 24.0. The van der Waals surface area contributed by atoms with Crippen molar-refractivity contribution in [2.24, 2.45) is 5.10 Å². The van der Waals surface area contributed by atoms with E-state index in [2.05, 4.69) is 61.3 Å². The summed E-state index contributed by atoms with van der Waals surface area (Å²) < 4.78 is 18.2. The van der Waals surface area contributed by atoms with Gasteiger partial charge in [-0.1, -0.05) is 44.9 Å². The van der Waals surface area contributed by atoms with Crippen LogP contribution < -0.4 is 14.2 Å². The molecule has 2 atom stereocenters. The zero-order valence-corrected chi connectivity index (χ0v) is 20.7. The number of nitrogens with zero attached hydrogens (tertiary/aromatic N) is 2. The van der Waals surface area contributed by atoms with E-state index in [-0.39, 0.29) is 12.3 Å². The molecule has 5 heteroatoms. The van der Waals surface area contributed by atoms with E-state index in [0.717, 1.165) is 79.4 Å². The monoisotopic (exact) mass is 470 g/mol. The molecule has 2 aliphatic heterocycles. The van der Waals surface area contributed by atoms with Crippen molar-refractivity contribution >= 4 is 5.71 Å². The van der Waals surface area contributed by atoms with E-state index in [9.17, 15) is 0 Å². The van der Waals surface area contributed by atoms with Gasteiger partial charge >= 0.3 is 0 Å². The molecular formula is C30H34N2O3. The largest absolute Gasteiger partial charge is 0.494 e. The van der Waals surface area contributed by atoms with Gasteiger partial charge in [-0.05, 0) is 73.0 Å². The number of unbranched alkanes of at least 4 members (excludes halogenated alkanes) is 2. The number of hydrazone groups is 1. The summed E-state index contributed by atoms with van der Waals surface area (Å²) in [5.41, 5.74) is 4.44. The van der Waals surface area contributed by atoms with E-state index in [4.69, 9.17) is 19.3 Å². The Bertz CT molecular complexity index is 1140. The molecule has 0 amide bonds. The topological polar surface area (TPSA) is 43.3 Å². The van der Waals surface area contributed by atoms with E-state index in [1.807, 2.05) is 30.3 Å². The second-order valence-corrected chi connectivity index (χ2v) is 9.15. The van der Waals surface area contributed by atoms with Gasteiger partial charge in [-0.25, -0.2) is 5.01 Å². The van der Waals surface area contributed by atoms with Gasteiger partial charge in [0.15, 0.2) is 0 Å². The molecule has 0 saturated heterocycles. The fourth-order valence-corrected chi connectivity index (χ4v) is 4.57. The van der Waals surface area contributed by atoms with Gasteiger partial charge in [0.2, 0.25) is 6.23 Å². The van der Waals surface area contributed by atoms with Crippen molar-refractivity contribution in [1.29, 1.82) is 0 Å². The molecule has 3 aromatic carbocycles. The van der Waals surface area contributed by atoms with E-state index >= 15 is 0 Å². The van der Waals surface area contributed by atoms with Gasteiger partial charge in [0, 0.05) is 17.5 Å². The predicted molar refractivity (Wildman–Crippen MR) is 139 cm³/mol. The van der Waals surface area contributed by atoms with Crippen LogP contribution in [0.3, 0.4) is 0 Å². The second-order valence-electron chi connectivity index (χ2n) is 9.15. The minimum atomic E-state index is -0.284. The molecule has 3 aromatic rings. The van der Waals surface area contributed by atoms with E-state index in [1.165, 1.54) is 5.56 Å². The first-order valence-corrected chi connectivity index (χ1v) is 12.8.